The lowest BCUT2D eigenvalue weighted by Gasteiger charge is -2.03. The number of thiophene rings is 1. The first kappa shape index (κ1) is 15.0. The molecule has 0 N–H and O–H groups in total. The molecule has 5 nitrogen and oxygen atoms in total. The Kier molecular flexibility index (Phi) is 3.66. The van der Waals surface area contributed by atoms with Gasteiger partial charge in [-0.25, -0.2) is 0 Å². The molecule has 0 unspecified atom stereocenters. The van der Waals surface area contributed by atoms with Gasteiger partial charge in [0.1, 0.15) is 5.75 Å². The van der Waals surface area contributed by atoms with Crippen molar-refractivity contribution in [3.8, 4) is 17.1 Å². The first-order valence-electron chi connectivity index (χ1n) is 7.26. The molecule has 0 fully saturated rings. The van der Waals surface area contributed by atoms with Crippen molar-refractivity contribution in [3.05, 3.63) is 61.0 Å². The van der Waals surface area contributed by atoms with Gasteiger partial charge in [0.15, 0.2) is 5.82 Å². The molecule has 4 rings (SSSR count). The summed E-state index contributed by atoms with van der Waals surface area (Å²) >= 11 is 2.96. The van der Waals surface area contributed by atoms with E-state index < -0.39 is 0 Å². The summed E-state index contributed by atoms with van der Waals surface area (Å²) in [6, 6.07) is 9.55. The summed E-state index contributed by atoms with van der Waals surface area (Å²) in [6.45, 7) is 2.03. The fourth-order valence-electron chi connectivity index (χ4n) is 2.43. The number of benzene rings is 1. The molecule has 120 valence electrons. The molecular weight excluding hydrogens is 342 g/mol. The number of fused-ring (bicyclic) bond motifs is 1. The van der Waals surface area contributed by atoms with Crippen LogP contribution in [0.1, 0.15) is 10.4 Å². The Bertz CT molecular complexity index is 1140. The van der Waals surface area contributed by atoms with Gasteiger partial charge in [0.25, 0.3) is 5.56 Å². The van der Waals surface area contributed by atoms with E-state index in [0.29, 0.717) is 21.1 Å². The minimum atomic E-state index is -0.142. The first-order valence-corrected chi connectivity index (χ1v) is 8.96. The van der Waals surface area contributed by atoms with Crippen LogP contribution in [-0.2, 0) is 0 Å². The molecule has 0 radical (unpaired) electrons. The molecule has 0 spiro atoms. The van der Waals surface area contributed by atoms with Crippen LogP contribution < -0.4 is 14.8 Å². The van der Waals surface area contributed by atoms with Crippen molar-refractivity contribution in [2.24, 2.45) is 0 Å². The van der Waals surface area contributed by atoms with E-state index in [9.17, 15) is 4.79 Å². The first-order chi connectivity index (χ1) is 11.7. The number of aromatic nitrogens is 3. The molecule has 0 aliphatic heterocycles. The average Bonchev–Trinajstić information content (AvgIpc) is 3.26. The van der Waals surface area contributed by atoms with Crippen molar-refractivity contribution in [2.45, 2.75) is 6.92 Å². The summed E-state index contributed by atoms with van der Waals surface area (Å²) in [4.78, 5) is 18.7. The number of thiazole rings is 1. The van der Waals surface area contributed by atoms with Crippen LogP contribution in [0.5, 0.6) is 5.75 Å². The highest BCUT2D eigenvalue weighted by Gasteiger charge is 2.15. The highest BCUT2D eigenvalue weighted by atomic mass is 32.1. The third kappa shape index (κ3) is 2.42. The van der Waals surface area contributed by atoms with Crippen molar-refractivity contribution in [1.29, 1.82) is 0 Å². The van der Waals surface area contributed by atoms with E-state index in [-0.39, 0.29) is 5.56 Å². The van der Waals surface area contributed by atoms with Gasteiger partial charge in [-0.3, -0.25) is 4.79 Å². The molecule has 0 bridgehead atoms. The molecule has 0 aliphatic carbocycles. The van der Waals surface area contributed by atoms with Gasteiger partial charge in [-0.05, 0) is 42.1 Å². The summed E-state index contributed by atoms with van der Waals surface area (Å²) in [6.07, 6.45) is 1.91. The lowest BCUT2D eigenvalue weighted by molar-refractivity contribution is 0.416. The Hall–Kier alpha value is -2.51. The number of aryl methyl sites for hydroxylation is 1. The van der Waals surface area contributed by atoms with Crippen molar-refractivity contribution < 1.29 is 4.74 Å². The highest BCUT2D eigenvalue weighted by Crippen LogP contribution is 2.27. The second-order valence-corrected chi connectivity index (χ2v) is 7.17. The number of hydrogen-bond acceptors (Lipinski definition) is 6. The van der Waals surface area contributed by atoms with Crippen LogP contribution in [0.15, 0.2) is 40.5 Å². The van der Waals surface area contributed by atoms with Gasteiger partial charge in [0.05, 0.1) is 17.2 Å². The number of ether oxygens (including phenoxy) is 1. The maximum absolute atomic E-state index is 12.6. The second kappa shape index (κ2) is 5.85. The molecule has 1 aromatic carbocycles. The summed E-state index contributed by atoms with van der Waals surface area (Å²) in [5.41, 5.74) is 1.79. The topological polar surface area (TPSA) is 56.5 Å². The van der Waals surface area contributed by atoms with Gasteiger partial charge < -0.3 is 4.74 Å². The maximum Gasteiger partial charge on any atom is 0.291 e. The lowest BCUT2D eigenvalue weighted by Crippen LogP contribution is -2.23. The van der Waals surface area contributed by atoms with Gasteiger partial charge in [-0.1, -0.05) is 23.5 Å². The van der Waals surface area contributed by atoms with E-state index >= 15 is 0 Å². The SMILES string of the molecule is COc1ccccc1-c1nc2s/c(=C\c3sccc3C)c(=O)n2n1. The van der Waals surface area contributed by atoms with Crippen LogP contribution in [0, 0.1) is 6.92 Å². The van der Waals surface area contributed by atoms with Gasteiger partial charge in [-0.2, -0.15) is 9.50 Å². The molecule has 3 heterocycles. The molecule has 24 heavy (non-hydrogen) atoms. The molecule has 0 aliphatic rings. The molecule has 0 saturated heterocycles. The van der Waals surface area contributed by atoms with Crippen molar-refractivity contribution in [3.63, 3.8) is 0 Å². The number of hydrogen-bond donors (Lipinski definition) is 0. The Balaban J connectivity index is 1.86. The Labute approximate surface area is 145 Å². The molecular formula is C17H13N3O2S2. The molecule has 7 heteroatoms. The molecule has 4 aromatic rings. The van der Waals surface area contributed by atoms with Crippen LogP contribution in [0.25, 0.3) is 22.4 Å². The zero-order valence-electron chi connectivity index (χ0n) is 13.0. The Morgan fingerprint density at radius 2 is 2.08 bits per heavy atom. The fourth-order valence-corrected chi connectivity index (χ4v) is 4.25. The van der Waals surface area contributed by atoms with E-state index in [1.54, 1.807) is 18.4 Å². The van der Waals surface area contributed by atoms with Crippen LogP contribution >= 0.6 is 22.7 Å². The molecule has 3 aromatic heterocycles. The van der Waals surface area contributed by atoms with Crippen molar-refractivity contribution in [1.82, 2.24) is 14.6 Å². The van der Waals surface area contributed by atoms with E-state index in [1.165, 1.54) is 15.9 Å². The second-order valence-electron chi connectivity index (χ2n) is 5.21. The summed E-state index contributed by atoms with van der Waals surface area (Å²) < 4.78 is 7.34. The fraction of sp³-hybridized carbons (Fsp3) is 0.118. The minimum absolute atomic E-state index is 0.142. The Morgan fingerprint density at radius 1 is 1.25 bits per heavy atom. The van der Waals surface area contributed by atoms with Crippen molar-refractivity contribution >= 4 is 33.7 Å². The third-order valence-corrected chi connectivity index (χ3v) is 5.62. The third-order valence-electron chi connectivity index (χ3n) is 3.69. The molecule has 0 atom stereocenters. The highest BCUT2D eigenvalue weighted by molar-refractivity contribution is 7.15. The van der Waals surface area contributed by atoms with E-state index in [4.69, 9.17) is 4.74 Å². The monoisotopic (exact) mass is 355 g/mol. The maximum atomic E-state index is 12.6. The zero-order chi connectivity index (χ0) is 16.7. The van der Waals surface area contributed by atoms with Crippen LogP contribution in [0.3, 0.4) is 0 Å². The van der Waals surface area contributed by atoms with Gasteiger partial charge >= 0.3 is 0 Å². The van der Waals surface area contributed by atoms with Crippen LogP contribution in [0.4, 0.5) is 0 Å². The van der Waals surface area contributed by atoms with E-state index in [2.05, 4.69) is 10.1 Å². The number of methoxy groups -OCH3 is 1. The summed E-state index contributed by atoms with van der Waals surface area (Å²) in [5, 5.41) is 6.39. The van der Waals surface area contributed by atoms with E-state index in [0.717, 1.165) is 16.0 Å². The number of nitrogens with zero attached hydrogens (tertiary/aromatic N) is 3. The van der Waals surface area contributed by atoms with Crippen LogP contribution in [0.2, 0.25) is 0 Å². The van der Waals surface area contributed by atoms with Crippen molar-refractivity contribution in [2.75, 3.05) is 7.11 Å². The predicted molar refractivity (Wildman–Crippen MR) is 97.0 cm³/mol. The summed E-state index contributed by atoms with van der Waals surface area (Å²) in [7, 11) is 1.60. The molecule has 0 amide bonds. The summed E-state index contributed by atoms with van der Waals surface area (Å²) in [5.74, 6) is 1.18. The minimum Gasteiger partial charge on any atom is -0.496 e. The average molecular weight is 355 g/mol. The Morgan fingerprint density at radius 3 is 2.79 bits per heavy atom. The van der Waals surface area contributed by atoms with Gasteiger partial charge in [-0.15, -0.1) is 16.4 Å². The van der Waals surface area contributed by atoms with Gasteiger partial charge in [0.2, 0.25) is 4.96 Å². The largest absolute Gasteiger partial charge is 0.496 e. The zero-order valence-corrected chi connectivity index (χ0v) is 14.6. The smallest absolute Gasteiger partial charge is 0.291 e. The van der Waals surface area contributed by atoms with E-state index in [1.807, 2.05) is 48.7 Å². The van der Waals surface area contributed by atoms with Crippen LogP contribution in [-0.4, -0.2) is 21.7 Å². The number of para-hydroxylation sites is 1. The van der Waals surface area contributed by atoms with Gasteiger partial charge in [0, 0.05) is 4.88 Å². The standard InChI is InChI=1S/C17H13N3O2S2/c1-10-7-8-23-13(10)9-14-16(21)20-17(24-14)18-15(19-20)11-5-3-4-6-12(11)22-2/h3-9H,1-2H3/b14-9-. The number of rotatable bonds is 3. The normalized spacial score (nSPS) is 12.2. The lowest BCUT2D eigenvalue weighted by atomic mass is 10.2. The predicted octanol–water partition coefficient (Wildman–Crippen LogP) is 2.74. The quantitative estimate of drug-likeness (QED) is 0.567. The molecule has 0 saturated carbocycles.